The number of rotatable bonds is 4. The van der Waals surface area contributed by atoms with E-state index in [9.17, 15) is 4.79 Å². The molecule has 2 aromatic carbocycles. The highest BCUT2D eigenvalue weighted by atomic mass is 16.1. The molecular weight excluding hydrogens is 288 g/mol. The molecule has 3 rings (SSSR count). The van der Waals surface area contributed by atoms with E-state index in [1.54, 1.807) is 12.7 Å². The van der Waals surface area contributed by atoms with Gasteiger partial charge in [0.15, 0.2) is 0 Å². The van der Waals surface area contributed by atoms with E-state index in [-0.39, 0.29) is 5.91 Å². The highest BCUT2D eigenvalue weighted by Crippen LogP contribution is 2.26. The number of anilines is 1. The van der Waals surface area contributed by atoms with Gasteiger partial charge in [0.1, 0.15) is 12.7 Å². The highest BCUT2D eigenvalue weighted by molar-refractivity contribution is 6.05. The van der Waals surface area contributed by atoms with Crippen LogP contribution in [0.1, 0.15) is 28.4 Å². The Kier molecular flexibility index (Phi) is 4.19. The molecule has 0 fully saturated rings. The average Bonchev–Trinajstić information content (AvgIpc) is 3.11. The molecule has 5 heteroatoms. The van der Waals surface area contributed by atoms with Crippen LogP contribution in [-0.4, -0.2) is 20.7 Å². The van der Waals surface area contributed by atoms with E-state index in [4.69, 9.17) is 0 Å². The maximum absolute atomic E-state index is 12.4. The normalized spacial score (nSPS) is 10.5. The Morgan fingerprint density at radius 1 is 1.13 bits per heavy atom. The van der Waals surface area contributed by atoms with Crippen molar-refractivity contribution in [2.75, 3.05) is 5.32 Å². The van der Waals surface area contributed by atoms with E-state index in [1.807, 2.05) is 47.9 Å². The third-order valence-corrected chi connectivity index (χ3v) is 3.77. The Hall–Kier alpha value is -2.95. The van der Waals surface area contributed by atoms with Gasteiger partial charge in [-0.1, -0.05) is 25.1 Å². The fraction of sp³-hybridized carbons (Fsp3) is 0.167. The SMILES string of the molecule is CCc1cc(-n2cnnc2)cc(C)c1NC(=O)c1ccccc1. The van der Waals surface area contributed by atoms with Crippen LogP contribution < -0.4 is 5.32 Å². The lowest BCUT2D eigenvalue weighted by Gasteiger charge is -2.15. The second-order valence-corrected chi connectivity index (χ2v) is 5.34. The van der Waals surface area contributed by atoms with Gasteiger partial charge >= 0.3 is 0 Å². The van der Waals surface area contributed by atoms with Crippen molar-refractivity contribution in [3.63, 3.8) is 0 Å². The number of aryl methyl sites for hydroxylation is 2. The van der Waals surface area contributed by atoms with Gasteiger partial charge in [-0.05, 0) is 48.7 Å². The fourth-order valence-corrected chi connectivity index (χ4v) is 2.56. The molecule has 116 valence electrons. The predicted octanol–water partition coefficient (Wildman–Crippen LogP) is 3.39. The summed E-state index contributed by atoms with van der Waals surface area (Å²) in [5.74, 6) is -0.0968. The Morgan fingerprint density at radius 2 is 1.83 bits per heavy atom. The molecule has 23 heavy (non-hydrogen) atoms. The zero-order chi connectivity index (χ0) is 16.2. The molecule has 0 saturated heterocycles. The zero-order valence-electron chi connectivity index (χ0n) is 13.2. The third-order valence-electron chi connectivity index (χ3n) is 3.77. The molecule has 0 atom stereocenters. The van der Waals surface area contributed by atoms with Crippen molar-refractivity contribution in [2.24, 2.45) is 0 Å². The first-order valence-corrected chi connectivity index (χ1v) is 7.54. The van der Waals surface area contributed by atoms with Gasteiger partial charge in [-0.2, -0.15) is 0 Å². The van der Waals surface area contributed by atoms with Crippen LogP contribution in [0.25, 0.3) is 5.69 Å². The van der Waals surface area contributed by atoms with Crippen molar-refractivity contribution >= 4 is 11.6 Å². The molecule has 0 bridgehead atoms. The van der Waals surface area contributed by atoms with E-state index < -0.39 is 0 Å². The predicted molar refractivity (Wildman–Crippen MR) is 89.9 cm³/mol. The van der Waals surface area contributed by atoms with Gasteiger partial charge in [-0.15, -0.1) is 10.2 Å². The lowest BCUT2D eigenvalue weighted by molar-refractivity contribution is 0.102. The van der Waals surface area contributed by atoms with Crippen LogP contribution in [0.15, 0.2) is 55.1 Å². The molecular formula is C18H18N4O. The minimum atomic E-state index is -0.0968. The van der Waals surface area contributed by atoms with Gasteiger partial charge in [0.05, 0.1) is 0 Å². The number of carbonyl (C=O) groups is 1. The molecule has 1 N–H and O–H groups in total. The van der Waals surface area contributed by atoms with Crippen LogP contribution in [0.4, 0.5) is 5.69 Å². The first-order chi connectivity index (χ1) is 11.2. The number of amides is 1. The number of hydrogen-bond donors (Lipinski definition) is 1. The Balaban J connectivity index is 1.95. The molecule has 0 aliphatic carbocycles. The fourth-order valence-electron chi connectivity index (χ4n) is 2.56. The maximum Gasteiger partial charge on any atom is 0.255 e. The third kappa shape index (κ3) is 3.13. The number of aromatic nitrogens is 3. The van der Waals surface area contributed by atoms with E-state index in [0.717, 1.165) is 28.9 Å². The van der Waals surface area contributed by atoms with Gasteiger partial charge in [0.25, 0.3) is 5.91 Å². The Labute approximate surface area is 135 Å². The summed E-state index contributed by atoms with van der Waals surface area (Å²) in [4.78, 5) is 12.4. The quantitative estimate of drug-likeness (QED) is 0.803. The zero-order valence-corrected chi connectivity index (χ0v) is 13.2. The average molecular weight is 306 g/mol. The molecule has 0 aliphatic rings. The summed E-state index contributed by atoms with van der Waals surface area (Å²) in [6.07, 6.45) is 4.15. The molecule has 3 aromatic rings. The van der Waals surface area contributed by atoms with Gasteiger partial charge in [-0.25, -0.2) is 0 Å². The molecule has 1 aromatic heterocycles. The Morgan fingerprint density at radius 3 is 2.48 bits per heavy atom. The summed E-state index contributed by atoms with van der Waals surface area (Å²) >= 11 is 0. The van der Waals surface area contributed by atoms with Crippen molar-refractivity contribution in [1.29, 1.82) is 0 Å². The summed E-state index contributed by atoms with van der Waals surface area (Å²) in [6, 6.07) is 13.3. The van der Waals surface area contributed by atoms with Crippen LogP contribution in [0, 0.1) is 6.92 Å². The number of benzene rings is 2. The lowest BCUT2D eigenvalue weighted by atomic mass is 10.0. The smallest absolute Gasteiger partial charge is 0.255 e. The van der Waals surface area contributed by atoms with Gasteiger partial charge in [0, 0.05) is 16.9 Å². The monoisotopic (exact) mass is 306 g/mol. The van der Waals surface area contributed by atoms with Gasteiger partial charge in [0.2, 0.25) is 0 Å². The topological polar surface area (TPSA) is 59.8 Å². The van der Waals surface area contributed by atoms with Crippen LogP contribution >= 0.6 is 0 Å². The molecule has 1 amide bonds. The van der Waals surface area contributed by atoms with Gasteiger partial charge in [-0.3, -0.25) is 9.36 Å². The molecule has 0 saturated carbocycles. The van der Waals surface area contributed by atoms with Crippen LogP contribution in [-0.2, 0) is 6.42 Å². The van der Waals surface area contributed by atoms with Crippen molar-refractivity contribution in [3.05, 3.63) is 71.8 Å². The molecule has 5 nitrogen and oxygen atoms in total. The molecule has 0 aliphatic heterocycles. The van der Waals surface area contributed by atoms with Crippen LogP contribution in [0.2, 0.25) is 0 Å². The van der Waals surface area contributed by atoms with Crippen LogP contribution in [0.5, 0.6) is 0 Å². The first-order valence-electron chi connectivity index (χ1n) is 7.54. The summed E-state index contributed by atoms with van der Waals surface area (Å²) in [5.41, 5.74) is 4.60. The lowest BCUT2D eigenvalue weighted by Crippen LogP contribution is -2.14. The number of nitrogens with zero attached hydrogens (tertiary/aromatic N) is 3. The van der Waals surface area contributed by atoms with E-state index in [0.29, 0.717) is 5.56 Å². The minimum absolute atomic E-state index is 0.0968. The Bertz CT molecular complexity index is 811. The largest absolute Gasteiger partial charge is 0.321 e. The second-order valence-electron chi connectivity index (χ2n) is 5.34. The standard InChI is InChI=1S/C18H18N4O/c1-3-14-10-16(22-11-19-20-12-22)9-13(2)17(14)21-18(23)15-7-5-4-6-8-15/h4-12H,3H2,1-2H3,(H,21,23). The second kappa shape index (κ2) is 6.44. The number of carbonyl (C=O) groups excluding carboxylic acids is 1. The minimum Gasteiger partial charge on any atom is -0.321 e. The summed E-state index contributed by atoms with van der Waals surface area (Å²) in [7, 11) is 0. The van der Waals surface area contributed by atoms with E-state index >= 15 is 0 Å². The van der Waals surface area contributed by atoms with Crippen molar-refractivity contribution in [1.82, 2.24) is 14.8 Å². The van der Waals surface area contributed by atoms with Gasteiger partial charge < -0.3 is 5.32 Å². The summed E-state index contributed by atoms with van der Waals surface area (Å²) in [5, 5.41) is 10.7. The van der Waals surface area contributed by atoms with Crippen molar-refractivity contribution in [2.45, 2.75) is 20.3 Å². The van der Waals surface area contributed by atoms with E-state index in [1.165, 1.54) is 0 Å². The van der Waals surface area contributed by atoms with E-state index in [2.05, 4.69) is 28.5 Å². The van der Waals surface area contributed by atoms with Crippen LogP contribution in [0.3, 0.4) is 0 Å². The van der Waals surface area contributed by atoms with Crippen molar-refractivity contribution in [3.8, 4) is 5.69 Å². The van der Waals surface area contributed by atoms with Crippen molar-refractivity contribution < 1.29 is 4.79 Å². The number of hydrogen-bond acceptors (Lipinski definition) is 3. The number of nitrogens with one attached hydrogen (secondary N) is 1. The highest BCUT2D eigenvalue weighted by Gasteiger charge is 2.12. The molecule has 0 unspecified atom stereocenters. The summed E-state index contributed by atoms with van der Waals surface area (Å²) < 4.78 is 1.86. The molecule has 0 spiro atoms. The summed E-state index contributed by atoms with van der Waals surface area (Å²) in [6.45, 7) is 4.07. The first kappa shape index (κ1) is 15.0. The molecule has 0 radical (unpaired) electrons. The maximum atomic E-state index is 12.4. The molecule has 1 heterocycles.